The minimum atomic E-state index is -0.183. The average molecular weight is 297 g/mol. The van der Waals surface area contributed by atoms with Gasteiger partial charge in [-0.2, -0.15) is 0 Å². The van der Waals surface area contributed by atoms with Crippen LogP contribution in [0.15, 0.2) is 18.2 Å². The lowest BCUT2D eigenvalue weighted by Crippen LogP contribution is -2.27. The van der Waals surface area contributed by atoms with Gasteiger partial charge >= 0.3 is 0 Å². The molecule has 0 radical (unpaired) electrons. The van der Waals surface area contributed by atoms with Crippen LogP contribution in [0.2, 0.25) is 5.02 Å². The molecule has 2 rings (SSSR count). The Labute approximate surface area is 124 Å². The van der Waals surface area contributed by atoms with E-state index in [0.717, 1.165) is 12.8 Å². The third-order valence-electron chi connectivity index (χ3n) is 3.63. The summed E-state index contributed by atoms with van der Waals surface area (Å²) in [6.45, 7) is 2.30. The highest BCUT2D eigenvalue weighted by molar-refractivity contribution is 6.31. The van der Waals surface area contributed by atoms with Crippen molar-refractivity contribution in [3.05, 3.63) is 23.2 Å². The predicted molar refractivity (Wildman–Crippen MR) is 81.9 cm³/mol. The molecule has 0 saturated heterocycles. The van der Waals surface area contributed by atoms with Gasteiger partial charge in [0.15, 0.2) is 0 Å². The number of nitrogens with one attached hydrogen (secondary N) is 1. The molecular formula is C15H21ClN2O2. The molecule has 2 atom stereocenters. The summed E-state index contributed by atoms with van der Waals surface area (Å²) in [7, 11) is 0. The Hall–Kier alpha value is -1.26. The van der Waals surface area contributed by atoms with E-state index in [9.17, 15) is 4.79 Å². The molecule has 110 valence electrons. The summed E-state index contributed by atoms with van der Waals surface area (Å²) in [6, 6.07) is 5.00. The SMILES string of the molecule is CC1CCCC(OCC(=O)Nc2ccc(Cl)cc2N)C1. The fourth-order valence-electron chi connectivity index (χ4n) is 2.56. The topological polar surface area (TPSA) is 64.3 Å². The smallest absolute Gasteiger partial charge is 0.250 e. The zero-order valence-electron chi connectivity index (χ0n) is 11.7. The first kappa shape index (κ1) is 15.1. The number of hydrogen-bond acceptors (Lipinski definition) is 3. The number of anilines is 2. The van der Waals surface area contributed by atoms with Gasteiger partial charge in [-0.1, -0.05) is 31.4 Å². The van der Waals surface area contributed by atoms with E-state index in [1.807, 2.05) is 0 Å². The van der Waals surface area contributed by atoms with Gasteiger partial charge in [-0.05, 0) is 37.0 Å². The largest absolute Gasteiger partial charge is 0.397 e. The first-order chi connectivity index (χ1) is 9.54. The summed E-state index contributed by atoms with van der Waals surface area (Å²) in [6.07, 6.45) is 4.72. The molecular weight excluding hydrogens is 276 g/mol. The highest BCUT2D eigenvalue weighted by Gasteiger charge is 2.20. The predicted octanol–water partition coefficient (Wildman–Crippen LogP) is 3.46. The first-order valence-electron chi connectivity index (χ1n) is 7.01. The van der Waals surface area contributed by atoms with Gasteiger partial charge < -0.3 is 15.8 Å². The molecule has 2 unspecified atom stereocenters. The molecule has 0 spiro atoms. The van der Waals surface area contributed by atoms with Gasteiger partial charge in [0.25, 0.3) is 0 Å². The second-order valence-corrected chi connectivity index (χ2v) is 5.92. The van der Waals surface area contributed by atoms with Gasteiger partial charge in [0.2, 0.25) is 5.91 Å². The van der Waals surface area contributed by atoms with Gasteiger partial charge in [0.1, 0.15) is 6.61 Å². The minimum Gasteiger partial charge on any atom is -0.397 e. The fraction of sp³-hybridized carbons (Fsp3) is 0.533. The lowest BCUT2D eigenvalue weighted by Gasteiger charge is -2.26. The monoisotopic (exact) mass is 296 g/mol. The van der Waals surface area contributed by atoms with Crippen molar-refractivity contribution >= 4 is 28.9 Å². The summed E-state index contributed by atoms with van der Waals surface area (Å²) in [4.78, 5) is 11.8. The number of hydrogen-bond donors (Lipinski definition) is 2. The number of rotatable bonds is 4. The van der Waals surface area contributed by atoms with E-state index < -0.39 is 0 Å². The van der Waals surface area contributed by atoms with Gasteiger partial charge in [0.05, 0.1) is 17.5 Å². The normalized spacial score (nSPS) is 22.5. The Bertz CT molecular complexity index is 479. The summed E-state index contributed by atoms with van der Waals surface area (Å²) in [5.41, 5.74) is 6.81. The van der Waals surface area contributed by atoms with E-state index in [2.05, 4.69) is 12.2 Å². The summed E-state index contributed by atoms with van der Waals surface area (Å²) < 4.78 is 5.67. The molecule has 1 amide bonds. The van der Waals surface area contributed by atoms with Crippen LogP contribution >= 0.6 is 11.6 Å². The van der Waals surface area contributed by atoms with Crippen LogP contribution in [0.5, 0.6) is 0 Å². The number of halogens is 1. The maximum Gasteiger partial charge on any atom is 0.250 e. The first-order valence-corrected chi connectivity index (χ1v) is 7.39. The van der Waals surface area contributed by atoms with Crippen LogP contribution in [0.1, 0.15) is 32.6 Å². The number of ether oxygens (including phenoxy) is 1. The van der Waals surface area contributed by atoms with Crippen molar-refractivity contribution in [3.8, 4) is 0 Å². The molecule has 4 nitrogen and oxygen atoms in total. The third kappa shape index (κ3) is 4.39. The van der Waals surface area contributed by atoms with E-state index in [1.165, 1.54) is 12.8 Å². The highest BCUT2D eigenvalue weighted by atomic mass is 35.5. The summed E-state index contributed by atoms with van der Waals surface area (Å²) in [5, 5.41) is 3.29. The van der Waals surface area contributed by atoms with Crippen LogP contribution in [0, 0.1) is 5.92 Å². The minimum absolute atomic E-state index is 0.0689. The zero-order valence-corrected chi connectivity index (χ0v) is 12.5. The quantitative estimate of drug-likeness (QED) is 0.836. The molecule has 1 fully saturated rings. The van der Waals surface area contributed by atoms with Crippen molar-refractivity contribution < 1.29 is 9.53 Å². The van der Waals surface area contributed by atoms with Crippen LogP contribution in [0.4, 0.5) is 11.4 Å². The average Bonchev–Trinajstić information content (AvgIpc) is 2.40. The standard InChI is InChI=1S/C15H21ClN2O2/c1-10-3-2-4-12(7-10)20-9-15(19)18-14-6-5-11(16)8-13(14)17/h5-6,8,10,12H,2-4,7,9,17H2,1H3,(H,18,19). The van der Waals surface area contributed by atoms with Crippen molar-refractivity contribution in [2.45, 2.75) is 38.7 Å². The van der Waals surface area contributed by atoms with Crippen LogP contribution in [-0.4, -0.2) is 18.6 Å². The molecule has 20 heavy (non-hydrogen) atoms. The number of nitrogen functional groups attached to an aromatic ring is 1. The van der Waals surface area contributed by atoms with Gasteiger partial charge in [-0.3, -0.25) is 4.79 Å². The zero-order chi connectivity index (χ0) is 14.5. The van der Waals surface area contributed by atoms with Crippen LogP contribution in [-0.2, 0) is 9.53 Å². The van der Waals surface area contributed by atoms with Crippen molar-refractivity contribution in [2.24, 2.45) is 5.92 Å². The molecule has 5 heteroatoms. The van der Waals surface area contributed by atoms with Gasteiger partial charge in [-0.15, -0.1) is 0 Å². The maximum atomic E-state index is 11.8. The van der Waals surface area contributed by atoms with E-state index in [0.29, 0.717) is 22.3 Å². The number of carbonyl (C=O) groups is 1. The van der Waals surface area contributed by atoms with Gasteiger partial charge in [0, 0.05) is 5.02 Å². The molecule has 0 heterocycles. The maximum absolute atomic E-state index is 11.8. The molecule has 3 N–H and O–H groups in total. The number of benzene rings is 1. The Balaban J connectivity index is 1.80. The number of carbonyl (C=O) groups excluding carboxylic acids is 1. The molecule has 1 saturated carbocycles. The molecule has 0 aromatic heterocycles. The van der Waals surface area contributed by atoms with Crippen molar-refractivity contribution in [1.82, 2.24) is 0 Å². The third-order valence-corrected chi connectivity index (χ3v) is 3.86. The highest BCUT2D eigenvalue weighted by Crippen LogP contribution is 2.26. The second-order valence-electron chi connectivity index (χ2n) is 5.48. The lowest BCUT2D eigenvalue weighted by atomic mass is 9.89. The molecule has 0 bridgehead atoms. The van der Waals surface area contributed by atoms with Crippen LogP contribution < -0.4 is 11.1 Å². The Morgan fingerprint density at radius 1 is 1.50 bits per heavy atom. The van der Waals surface area contributed by atoms with Crippen LogP contribution in [0.25, 0.3) is 0 Å². The van der Waals surface area contributed by atoms with E-state index >= 15 is 0 Å². The lowest BCUT2D eigenvalue weighted by molar-refractivity contribution is -0.123. The Morgan fingerprint density at radius 3 is 3.00 bits per heavy atom. The molecule has 0 aliphatic heterocycles. The Kier molecular flexibility index (Phi) is 5.26. The molecule has 1 aromatic carbocycles. The second kappa shape index (κ2) is 6.95. The fourth-order valence-corrected chi connectivity index (χ4v) is 2.74. The molecule has 1 aromatic rings. The number of amides is 1. The summed E-state index contributed by atoms with van der Waals surface area (Å²) >= 11 is 5.81. The molecule has 1 aliphatic carbocycles. The van der Waals surface area contributed by atoms with E-state index in [-0.39, 0.29) is 18.6 Å². The van der Waals surface area contributed by atoms with Crippen molar-refractivity contribution in [2.75, 3.05) is 17.7 Å². The molecule has 1 aliphatic rings. The van der Waals surface area contributed by atoms with E-state index in [1.54, 1.807) is 18.2 Å². The van der Waals surface area contributed by atoms with Crippen molar-refractivity contribution in [3.63, 3.8) is 0 Å². The van der Waals surface area contributed by atoms with Gasteiger partial charge in [-0.25, -0.2) is 0 Å². The van der Waals surface area contributed by atoms with Crippen molar-refractivity contribution in [1.29, 1.82) is 0 Å². The van der Waals surface area contributed by atoms with E-state index in [4.69, 9.17) is 22.1 Å². The van der Waals surface area contributed by atoms with Crippen LogP contribution in [0.3, 0.4) is 0 Å². The number of nitrogens with two attached hydrogens (primary N) is 1. The Morgan fingerprint density at radius 2 is 2.30 bits per heavy atom. The summed E-state index contributed by atoms with van der Waals surface area (Å²) in [5.74, 6) is 0.501.